The zero-order chi connectivity index (χ0) is 14.2. The van der Waals surface area contributed by atoms with Crippen molar-refractivity contribution in [1.82, 2.24) is 19.9 Å². The lowest BCUT2D eigenvalue weighted by Crippen LogP contribution is -2.28. The van der Waals surface area contributed by atoms with Gasteiger partial charge in [0.1, 0.15) is 5.52 Å². The maximum absolute atomic E-state index is 4.63. The first-order valence-corrected chi connectivity index (χ1v) is 7.85. The highest BCUT2D eigenvalue weighted by molar-refractivity contribution is 8.00. The molecule has 1 aliphatic heterocycles. The first-order valence-electron chi connectivity index (χ1n) is 6.87. The monoisotopic (exact) mass is 292 g/mol. The molecule has 7 heteroatoms. The van der Waals surface area contributed by atoms with E-state index in [1.54, 1.807) is 6.33 Å². The molecule has 0 radical (unpaired) electrons. The Balaban J connectivity index is 1.98. The van der Waals surface area contributed by atoms with Crippen LogP contribution < -0.4 is 10.2 Å². The van der Waals surface area contributed by atoms with E-state index in [1.165, 1.54) is 0 Å². The summed E-state index contributed by atoms with van der Waals surface area (Å²) in [5.74, 6) is 2.69. The highest BCUT2D eigenvalue weighted by Crippen LogP contribution is 2.33. The molecule has 20 heavy (non-hydrogen) atoms. The zero-order valence-corrected chi connectivity index (χ0v) is 12.9. The molecule has 0 unspecified atom stereocenters. The highest BCUT2D eigenvalue weighted by Gasteiger charge is 2.25. The quantitative estimate of drug-likeness (QED) is 0.883. The van der Waals surface area contributed by atoms with Crippen molar-refractivity contribution in [2.75, 3.05) is 36.1 Å². The Morgan fingerprint density at radius 1 is 1.35 bits per heavy atom. The number of hydrogen-bond donors (Lipinski definition) is 2. The van der Waals surface area contributed by atoms with Gasteiger partial charge in [-0.05, 0) is 6.42 Å². The van der Waals surface area contributed by atoms with Gasteiger partial charge in [-0.1, -0.05) is 13.8 Å². The fraction of sp³-hybridized carbons (Fsp3) is 0.615. The van der Waals surface area contributed by atoms with Gasteiger partial charge in [0.05, 0.1) is 6.33 Å². The van der Waals surface area contributed by atoms with Gasteiger partial charge in [0.25, 0.3) is 0 Å². The van der Waals surface area contributed by atoms with Crippen molar-refractivity contribution in [2.45, 2.75) is 25.0 Å². The molecule has 0 amide bonds. The molecule has 0 bridgehead atoms. The molecular weight excluding hydrogens is 272 g/mol. The van der Waals surface area contributed by atoms with Gasteiger partial charge < -0.3 is 15.2 Å². The van der Waals surface area contributed by atoms with Crippen molar-refractivity contribution in [3.8, 4) is 0 Å². The van der Waals surface area contributed by atoms with Crippen LogP contribution in [-0.4, -0.2) is 50.6 Å². The normalized spacial score (nSPS) is 19.1. The second kappa shape index (κ2) is 5.12. The topological polar surface area (TPSA) is 69.7 Å². The molecule has 0 atom stereocenters. The van der Waals surface area contributed by atoms with Gasteiger partial charge in [-0.15, -0.1) is 0 Å². The number of fused-ring (bicyclic) bond motifs is 1. The summed E-state index contributed by atoms with van der Waals surface area (Å²) >= 11 is 2.03. The number of rotatable bonds is 2. The molecule has 0 aliphatic carbocycles. The van der Waals surface area contributed by atoms with Gasteiger partial charge in [0, 0.05) is 30.6 Å². The first-order chi connectivity index (χ1) is 9.59. The molecule has 2 aromatic rings. The molecule has 3 heterocycles. The van der Waals surface area contributed by atoms with E-state index in [9.17, 15) is 0 Å². The molecule has 3 rings (SSSR count). The second-order valence-electron chi connectivity index (χ2n) is 5.57. The molecular formula is C13H20N6S. The van der Waals surface area contributed by atoms with E-state index >= 15 is 0 Å². The van der Waals surface area contributed by atoms with Gasteiger partial charge in [0.2, 0.25) is 5.95 Å². The fourth-order valence-electron chi connectivity index (χ4n) is 2.39. The van der Waals surface area contributed by atoms with Crippen molar-refractivity contribution in [3.63, 3.8) is 0 Å². The van der Waals surface area contributed by atoms with Crippen molar-refractivity contribution in [2.24, 2.45) is 0 Å². The summed E-state index contributed by atoms with van der Waals surface area (Å²) in [5.41, 5.74) is 1.64. The van der Waals surface area contributed by atoms with Crippen LogP contribution in [-0.2, 0) is 0 Å². The molecule has 1 aliphatic rings. The van der Waals surface area contributed by atoms with E-state index in [-0.39, 0.29) is 0 Å². The smallest absolute Gasteiger partial charge is 0.226 e. The lowest BCUT2D eigenvalue weighted by molar-refractivity contribution is 0.635. The number of nitrogens with one attached hydrogen (secondary N) is 2. The number of H-pyrrole nitrogens is 1. The van der Waals surface area contributed by atoms with Crippen molar-refractivity contribution < 1.29 is 0 Å². The summed E-state index contributed by atoms with van der Waals surface area (Å²) in [6.07, 6.45) is 2.82. The Bertz CT molecular complexity index is 608. The van der Waals surface area contributed by atoms with Gasteiger partial charge in [-0.3, -0.25) is 0 Å². The minimum absolute atomic E-state index is 0.334. The summed E-state index contributed by atoms with van der Waals surface area (Å²) in [4.78, 5) is 18.8. The number of aromatic amines is 1. The Morgan fingerprint density at radius 2 is 2.20 bits per heavy atom. The van der Waals surface area contributed by atoms with E-state index in [4.69, 9.17) is 0 Å². The molecule has 108 valence electrons. The fourth-order valence-corrected chi connectivity index (χ4v) is 3.49. The SMILES string of the molecule is CNc1nc(N2CCSC(C)(C)CC2)c2[nH]cnc2n1. The predicted octanol–water partition coefficient (Wildman–Crippen LogP) is 2.12. The third-order valence-corrected chi connectivity index (χ3v) is 5.00. The van der Waals surface area contributed by atoms with Crippen LogP contribution >= 0.6 is 11.8 Å². The summed E-state index contributed by atoms with van der Waals surface area (Å²) < 4.78 is 0.334. The lowest BCUT2D eigenvalue weighted by Gasteiger charge is -2.23. The first kappa shape index (κ1) is 13.5. The number of imidazole rings is 1. The second-order valence-corrected chi connectivity index (χ2v) is 7.37. The number of anilines is 2. The van der Waals surface area contributed by atoms with Gasteiger partial charge >= 0.3 is 0 Å². The summed E-state index contributed by atoms with van der Waals surface area (Å²) in [5, 5.41) is 3.01. The van der Waals surface area contributed by atoms with Crippen LogP contribution in [0.5, 0.6) is 0 Å². The summed E-state index contributed by atoms with van der Waals surface area (Å²) in [7, 11) is 1.83. The van der Waals surface area contributed by atoms with Crippen LogP contribution in [0.3, 0.4) is 0 Å². The third kappa shape index (κ3) is 2.54. The largest absolute Gasteiger partial charge is 0.357 e. The number of thioether (sulfide) groups is 1. The van der Waals surface area contributed by atoms with E-state index in [0.717, 1.165) is 42.2 Å². The molecule has 0 aromatic carbocycles. The summed E-state index contributed by atoms with van der Waals surface area (Å²) in [6, 6.07) is 0. The van der Waals surface area contributed by atoms with Gasteiger partial charge in [-0.2, -0.15) is 21.7 Å². The molecule has 1 fully saturated rings. The molecule has 2 aromatic heterocycles. The van der Waals surface area contributed by atoms with Crippen LogP contribution in [0.2, 0.25) is 0 Å². The lowest BCUT2D eigenvalue weighted by atomic mass is 10.1. The van der Waals surface area contributed by atoms with Crippen molar-refractivity contribution >= 4 is 34.7 Å². The van der Waals surface area contributed by atoms with Crippen LogP contribution in [0.4, 0.5) is 11.8 Å². The third-order valence-electron chi connectivity index (χ3n) is 3.63. The van der Waals surface area contributed by atoms with E-state index < -0.39 is 0 Å². The maximum atomic E-state index is 4.63. The number of aromatic nitrogens is 4. The highest BCUT2D eigenvalue weighted by atomic mass is 32.2. The van der Waals surface area contributed by atoms with E-state index in [1.807, 2.05) is 18.8 Å². The summed E-state index contributed by atoms with van der Waals surface area (Å²) in [6.45, 7) is 6.63. The molecule has 6 nitrogen and oxygen atoms in total. The van der Waals surface area contributed by atoms with Crippen molar-refractivity contribution in [1.29, 1.82) is 0 Å². The van der Waals surface area contributed by atoms with E-state index in [2.05, 4.69) is 44.0 Å². The van der Waals surface area contributed by atoms with E-state index in [0.29, 0.717) is 10.7 Å². The number of nitrogens with zero attached hydrogens (tertiary/aromatic N) is 4. The minimum Gasteiger partial charge on any atom is -0.357 e. The number of hydrogen-bond acceptors (Lipinski definition) is 6. The van der Waals surface area contributed by atoms with Crippen LogP contribution in [0.25, 0.3) is 11.2 Å². The van der Waals surface area contributed by atoms with Crippen LogP contribution in [0.1, 0.15) is 20.3 Å². The Kier molecular flexibility index (Phi) is 3.45. The van der Waals surface area contributed by atoms with Crippen molar-refractivity contribution in [3.05, 3.63) is 6.33 Å². The minimum atomic E-state index is 0.334. The molecule has 1 saturated heterocycles. The zero-order valence-electron chi connectivity index (χ0n) is 12.1. The maximum Gasteiger partial charge on any atom is 0.226 e. The average molecular weight is 292 g/mol. The van der Waals surface area contributed by atoms with Gasteiger partial charge in [-0.25, -0.2) is 4.98 Å². The standard InChI is InChI=1S/C13H20N6S/c1-13(2)4-5-19(6-7-20-13)11-9-10(16-8-15-9)17-12(14-3)18-11/h8H,4-7H2,1-3H3,(H2,14,15,16,17,18). The predicted molar refractivity (Wildman–Crippen MR) is 84.6 cm³/mol. The molecule has 0 spiro atoms. The molecule has 0 saturated carbocycles. The Labute approximate surface area is 122 Å². The Morgan fingerprint density at radius 3 is 3.00 bits per heavy atom. The Hall–Kier alpha value is -1.50. The van der Waals surface area contributed by atoms with Crippen LogP contribution in [0.15, 0.2) is 6.33 Å². The van der Waals surface area contributed by atoms with Crippen LogP contribution in [0, 0.1) is 0 Å². The van der Waals surface area contributed by atoms with Gasteiger partial charge in [0.15, 0.2) is 11.5 Å². The average Bonchev–Trinajstić information content (AvgIpc) is 2.82. The molecule has 2 N–H and O–H groups in total.